The van der Waals surface area contributed by atoms with Gasteiger partial charge in [-0.25, -0.2) is 4.98 Å². The van der Waals surface area contributed by atoms with Gasteiger partial charge in [0.25, 0.3) is 0 Å². The SMILES string of the molecule is Nc1cc2c(cn1)CCN(c1ccc(C(F)(F)F)c(Cl)c1)C2. The van der Waals surface area contributed by atoms with Crippen molar-refractivity contribution in [2.24, 2.45) is 0 Å². The molecule has 0 saturated heterocycles. The van der Waals surface area contributed by atoms with Gasteiger partial charge in [-0.2, -0.15) is 13.2 Å². The maximum absolute atomic E-state index is 12.7. The molecule has 0 bridgehead atoms. The second kappa shape index (κ2) is 5.35. The van der Waals surface area contributed by atoms with Gasteiger partial charge in [0.05, 0.1) is 10.6 Å². The van der Waals surface area contributed by atoms with Crippen molar-refractivity contribution in [2.45, 2.75) is 19.1 Å². The van der Waals surface area contributed by atoms with Crippen LogP contribution >= 0.6 is 11.6 Å². The van der Waals surface area contributed by atoms with Gasteiger partial charge in [0.2, 0.25) is 0 Å². The molecule has 3 rings (SSSR count). The summed E-state index contributed by atoms with van der Waals surface area (Å²) in [5.74, 6) is 0.436. The van der Waals surface area contributed by atoms with Crippen LogP contribution in [0.25, 0.3) is 0 Å². The van der Waals surface area contributed by atoms with Gasteiger partial charge in [-0.15, -0.1) is 0 Å². The predicted octanol–water partition coefficient (Wildman–Crippen LogP) is 3.90. The highest BCUT2D eigenvalue weighted by Gasteiger charge is 2.33. The molecule has 1 aromatic heterocycles. The Morgan fingerprint density at radius 1 is 1.18 bits per heavy atom. The topological polar surface area (TPSA) is 42.1 Å². The van der Waals surface area contributed by atoms with E-state index in [9.17, 15) is 13.2 Å². The first-order valence-electron chi connectivity index (χ1n) is 6.69. The Morgan fingerprint density at radius 3 is 2.64 bits per heavy atom. The van der Waals surface area contributed by atoms with Crippen LogP contribution < -0.4 is 10.6 Å². The van der Waals surface area contributed by atoms with Gasteiger partial charge in [-0.3, -0.25) is 0 Å². The van der Waals surface area contributed by atoms with Crippen molar-refractivity contribution >= 4 is 23.1 Å². The third-order valence-electron chi connectivity index (χ3n) is 3.74. The number of hydrogen-bond donors (Lipinski definition) is 1. The molecule has 116 valence electrons. The summed E-state index contributed by atoms with van der Waals surface area (Å²) in [6.45, 7) is 1.27. The van der Waals surface area contributed by atoms with Gasteiger partial charge < -0.3 is 10.6 Å². The fourth-order valence-electron chi connectivity index (χ4n) is 2.61. The summed E-state index contributed by atoms with van der Waals surface area (Å²) in [6.07, 6.45) is -1.92. The van der Waals surface area contributed by atoms with Crippen molar-refractivity contribution in [3.8, 4) is 0 Å². The number of fused-ring (bicyclic) bond motifs is 1. The van der Waals surface area contributed by atoms with Crippen LogP contribution in [-0.4, -0.2) is 11.5 Å². The number of anilines is 2. The lowest BCUT2D eigenvalue weighted by molar-refractivity contribution is -0.137. The molecule has 0 amide bonds. The monoisotopic (exact) mass is 327 g/mol. The Balaban J connectivity index is 1.88. The molecule has 7 heteroatoms. The van der Waals surface area contributed by atoms with Crippen molar-refractivity contribution in [3.05, 3.63) is 52.2 Å². The van der Waals surface area contributed by atoms with Gasteiger partial charge in [0.1, 0.15) is 5.82 Å². The Bertz CT molecular complexity index is 716. The summed E-state index contributed by atoms with van der Waals surface area (Å²) in [5, 5.41) is -0.287. The molecule has 0 spiro atoms. The summed E-state index contributed by atoms with van der Waals surface area (Å²) < 4.78 is 38.2. The fraction of sp³-hybridized carbons (Fsp3) is 0.267. The van der Waals surface area contributed by atoms with Gasteiger partial charge in [-0.05, 0) is 41.8 Å². The molecule has 1 aliphatic rings. The molecule has 0 fully saturated rings. The lowest BCUT2D eigenvalue weighted by Crippen LogP contribution is -2.30. The van der Waals surface area contributed by atoms with Gasteiger partial charge in [0.15, 0.2) is 0 Å². The summed E-state index contributed by atoms with van der Waals surface area (Å²) in [6, 6.07) is 5.63. The van der Waals surface area contributed by atoms with Gasteiger partial charge in [0, 0.05) is 25.0 Å². The number of halogens is 4. The molecule has 0 saturated carbocycles. The second-order valence-electron chi connectivity index (χ2n) is 5.21. The molecule has 0 unspecified atom stereocenters. The number of pyridine rings is 1. The molecule has 0 aliphatic carbocycles. The van der Waals surface area contributed by atoms with E-state index in [4.69, 9.17) is 17.3 Å². The Labute approximate surface area is 130 Å². The number of nitrogen functional groups attached to an aromatic ring is 1. The molecular formula is C15H13ClF3N3. The zero-order valence-corrected chi connectivity index (χ0v) is 12.2. The zero-order valence-electron chi connectivity index (χ0n) is 11.5. The Kier molecular flexibility index (Phi) is 3.64. The van der Waals surface area contributed by atoms with Crippen LogP contribution in [0.4, 0.5) is 24.7 Å². The van der Waals surface area contributed by atoms with Crippen molar-refractivity contribution in [1.29, 1.82) is 0 Å². The average Bonchev–Trinajstić information content (AvgIpc) is 2.45. The molecule has 2 aromatic rings. The summed E-state index contributed by atoms with van der Waals surface area (Å²) >= 11 is 5.78. The third kappa shape index (κ3) is 2.83. The van der Waals surface area contributed by atoms with E-state index in [0.717, 1.165) is 23.6 Å². The third-order valence-corrected chi connectivity index (χ3v) is 4.05. The first-order chi connectivity index (χ1) is 10.3. The number of nitrogens with two attached hydrogens (primary N) is 1. The van der Waals surface area contributed by atoms with E-state index in [1.54, 1.807) is 12.3 Å². The number of rotatable bonds is 1. The van der Waals surface area contributed by atoms with E-state index < -0.39 is 11.7 Å². The van der Waals surface area contributed by atoms with Crippen LogP contribution in [-0.2, 0) is 19.1 Å². The minimum absolute atomic E-state index is 0.287. The number of benzene rings is 1. The molecule has 0 atom stereocenters. The number of nitrogens with zero attached hydrogens (tertiary/aromatic N) is 2. The van der Waals surface area contributed by atoms with Crippen LogP contribution in [0.15, 0.2) is 30.5 Å². The summed E-state index contributed by atoms with van der Waals surface area (Å²) in [4.78, 5) is 6.04. The van der Waals surface area contributed by atoms with Crippen molar-refractivity contribution < 1.29 is 13.2 Å². The molecule has 1 aromatic carbocycles. The van der Waals surface area contributed by atoms with E-state index in [2.05, 4.69) is 4.98 Å². The predicted molar refractivity (Wildman–Crippen MR) is 79.9 cm³/mol. The van der Waals surface area contributed by atoms with Crippen LogP contribution in [0.2, 0.25) is 5.02 Å². The van der Waals surface area contributed by atoms with Crippen molar-refractivity contribution in [3.63, 3.8) is 0 Å². The number of alkyl halides is 3. The van der Waals surface area contributed by atoms with Crippen molar-refractivity contribution in [2.75, 3.05) is 17.2 Å². The average molecular weight is 328 g/mol. The fourth-order valence-corrected chi connectivity index (χ4v) is 2.89. The second-order valence-corrected chi connectivity index (χ2v) is 5.62. The summed E-state index contributed by atoms with van der Waals surface area (Å²) in [7, 11) is 0. The summed E-state index contributed by atoms with van der Waals surface area (Å²) in [5.41, 5.74) is 7.68. The highest BCUT2D eigenvalue weighted by atomic mass is 35.5. The lowest BCUT2D eigenvalue weighted by atomic mass is 10.0. The molecular weight excluding hydrogens is 315 g/mol. The van der Waals surface area contributed by atoms with Crippen LogP contribution in [0.5, 0.6) is 0 Å². The molecule has 2 N–H and O–H groups in total. The van der Waals surface area contributed by atoms with Crippen LogP contribution in [0.3, 0.4) is 0 Å². The normalized spacial score (nSPS) is 14.8. The molecule has 0 radical (unpaired) electrons. The minimum atomic E-state index is -4.44. The molecule has 3 nitrogen and oxygen atoms in total. The quantitative estimate of drug-likeness (QED) is 0.863. The largest absolute Gasteiger partial charge is 0.417 e. The zero-order chi connectivity index (χ0) is 15.9. The molecule has 1 aliphatic heterocycles. The van der Waals surface area contributed by atoms with Crippen LogP contribution in [0, 0.1) is 0 Å². The Hall–Kier alpha value is -1.95. The van der Waals surface area contributed by atoms with E-state index in [1.807, 2.05) is 4.90 Å². The smallest absolute Gasteiger partial charge is 0.384 e. The van der Waals surface area contributed by atoms with E-state index in [1.165, 1.54) is 12.1 Å². The lowest BCUT2D eigenvalue weighted by Gasteiger charge is -2.31. The maximum Gasteiger partial charge on any atom is 0.417 e. The van der Waals surface area contributed by atoms with E-state index >= 15 is 0 Å². The molecule has 22 heavy (non-hydrogen) atoms. The van der Waals surface area contributed by atoms with Crippen LogP contribution in [0.1, 0.15) is 16.7 Å². The van der Waals surface area contributed by atoms with E-state index in [0.29, 0.717) is 24.6 Å². The maximum atomic E-state index is 12.7. The first kappa shape index (κ1) is 15.0. The standard InChI is InChI=1S/C15H13ClF3N3/c16-13-6-11(1-2-12(13)15(17,18)19)22-4-3-9-7-21-14(20)5-10(9)8-22/h1-2,5-7H,3-4,8H2,(H2,20,21). The minimum Gasteiger partial charge on any atom is -0.384 e. The van der Waals surface area contributed by atoms with Crippen molar-refractivity contribution in [1.82, 2.24) is 4.98 Å². The van der Waals surface area contributed by atoms with E-state index in [-0.39, 0.29) is 5.02 Å². The number of aromatic nitrogens is 1. The van der Waals surface area contributed by atoms with Gasteiger partial charge in [-0.1, -0.05) is 11.6 Å². The first-order valence-corrected chi connectivity index (χ1v) is 7.07. The number of hydrogen-bond acceptors (Lipinski definition) is 3. The Morgan fingerprint density at radius 2 is 1.95 bits per heavy atom. The molecule has 2 heterocycles. The highest BCUT2D eigenvalue weighted by molar-refractivity contribution is 6.31. The van der Waals surface area contributed by atoms with Gasteiger partial charge >= 0.3 is 6.18 Å². The highest BCUT2D eigenvalue weighted by Crippen LogP contribution is 2.37.